The summed E-state index contributed by atoms with van der Waals surface area (Å²) in [6.45, 7) is 0.559. The number of carbonyl (C=O) groups is 1. The number of carboxylic acids is 1. The summed E-state index contributed by atoms with van der Waals surface area (Å²) in [5.74, 6) is -0.362. The molecular weight excluding hydrogens is 268 g/mol. The Bertz CT molecular complexity index is 808. The second-order valence-electron chi connectivity index (χ2n) is 4.69. The summed E-state index contributed by atoms with van der Waals surface area (Å²) in [6.07, 6.45) is 1.93. The van der Waals surface area contributed by atoms with Crippen LogP contribution in [0.25, 0.3) is 10.9 Å². The molecule has 0 saturated carbocycles. The molecular formula is C16H14N2O3. The van der Waals surface area contributed by atoms with Gasteiger partial charge in [-0.3, -0.25) is 0 Å². The standard InChI is InChI=1S/C16H14N2O3/c1-21-15-4-2-3-13(17-15)10-18-8-7-11-5-6-12(16(19)20)9-14(11)18/h2-9H,10H2,1H3,(H,19,20). The minimum atomic E-state index is -0.927. The molecule has 5 heteroatoms. The molecule has 3 rings (SSSR count). The van der Waals surface area contributed by atoms with Gasteiger partial charge in [0.05, 0.1) is 24.9 Å². The van der Waals surface area contributed by atoms with Gasteiger partial charge in [0, 0.05) is 17.8 Å². The Kier molecular flexibility index (Phi) is 3.31. The third-order valence-electron chi connectivity index (χ3n) is 3.34. The molecule has 0 aliphatic rings. The van der Waals surface area contributed by atoms with Gasteiger partial charge in [-0.25, -0.2) is 9.78 Å². The molecule has 2 heterocycles. The van der Waals surface area contributed by atoms with Crippen molar-refractivity contribution in [1.29, 1.82) is 0 Å². The number of pyridine rings is 1. The van der Waals surface area contributed by atoms with Crippen molar-refractivity contribution in [3.8, 4) is 5.88 Å². The summed E-state index contributed by atoms with van der Waals surface area (Å²) < 4.78 is 7.09. The van der Waals surface area contributed by atoms with Crippen LogP contribution in [-0.2, 0) is 6.54 Å². The maximum Gasteiger partial charge on any atom is 0.335 e. The summed E-state index contributed by atoms with van der Waals surface area (Å²) >= 11 is 0. The highest BCUT2D eigenvalue weighted by atomic mass is 16.5. The number of hydrogen-bond donors (Lipinski definition) is 1. The molecule has 2 aromatic heterocycles. The molecule has 0 spiro atoms. The van der Waals surface area contributed by atoms with Gasteiger partial charge in [-0.15, -0.1) is 0 Å². The molecule has 0 aliphatic carbocycles. The lowest BCUT2D eigenvalue weighted by atomic mass is 10.1. The summed E-state index contributed by atoms with van der Waals surface area (Å²) in [6, 6.07) is 12.6. The Morgan fingerprint density at radius 3 is 2.90 bits per heavy atom. The number of fused-ring (bicyclic) bond motifs is 1. The minimum absolute atomic E-state index is 0.279. The number of aromatic carboxylic acids is 1. The van der Waals surface area contributed by atoms with E-state index in [0.717, 1.165) is 16.6 Å². The summed E-state index contributed by atoms with van der Waals surface area (Å²) in [7, 11) is 1.58. The summed E-state index contributed by atoms with van der Waals surface area (Å²) in [5.41, 5.74) is 2.01. The van der Waals surface area contributed by atoms with Crippen molar-refractivity contribution < 1.29 is 14.6 Å². The molecule has 0 unspecified atom stereocenters. The van der Waals surface area contributed by atoms with Crippen molar-refractivity contribution in [2.24, 2.45) is 0 Å². The smallest absolute Gasteiger partial charge is 0.335 e. The van der Waals surface area contributed by atoms with Crippen molar-refractivity contribution in [1.82, 2.24) is 9.55 Å². The molecule has 0 radical (unpaired) electrons. The van der Waals surface area contributed by atoms with E-state index in [-0.39, 0.29) is 5.56 Å². The third kappa shape index (κ3) is 2.58. The summed E-state index contributed by atoms with van der Waals surface area (Å²) in [4.78, 5) is 15.5. The molecule has 106 valence electrons. The van der Waals surface area contributed by atoms with Crippen LogP contribution in [0.3, 0.4) is 0 Å². The first kappa shape index (κ1) is 13.2. The number of methoxy groups -OCH3 is 1. The van der Waals surface area contributed by atoms with E-state index in [1.807, 2.05) is 35.0 Å². The number of benzene rings is 1. The van der Waals surface area contributed by atoms with Crippen LogP contribution in [0.2, 0.25) is 0 Å². The Labute approximate surface area is 121 Å². The quantitative estimate of drug-likeness (QED) is 0.799. The SMILES string of the molecule is COc1cccc(Cn2ccc3ccc(C(=O)O)cc32)n1. The first-order valence-corrected chi connectivity index (χ1v) is 6.49. The number of ether oxygens (including phenoxy) is 1. The van der Waals surface area contributed by atoms with Gasteiger partial charge in [-0.1, -0.05) is 12.1 Å². The molecule has 0 aliphatic heterocycles. The van der Waals surface area contributed by atoms with E-state index >= 15 is 0 Å². The van der Waals surface area contributed by atoms with Crippen LogP contribution in [-0.4, -0.2) is 27.7 Å². The highest BCUT2D eigenvalue weighted by Crippen LogP contribution is 2.19. The topological polar surface area (TPSA) is 64.3 Å². The van der Waals surface area contributed by atoms with Gasteiger partial charge in [0.2, 0.25) is 5.88 Å². The number of nitrogens with zero attached hydrogens (tertiary/aromatic N) is 2. The lowest BCUT2D eigenvalue weighted by molar-refractivity contribution is 0.0697. The molecule has 0 bridgehead atoms. The van der Waals surface area contributed by atoms with Gasteiger partial charge in [0.25, 0.3) is 0 Å². The molecule has 0 atom stereocenters. The largest absolute Gasteiger partial charge is 0.481 e. The van der Waals surface area contributed by atoms with Crippen LogP contribution >= 0.6 is 0 Å². The second-order valence-corrected chi connectivity index (χ2v) is 4.69. The molecule has 5 nitrogen and oxygen atoms in total. The van der Waals surface area contributed by atoms with Gasteiger partial charge < -0.3 is 14.4 Å². The maximum absolute atomic E-state index is 11.1. The normalized spacial score (nSPS) is 10.7. The van der Waals surface area contributed by atoms with E-state index in [2.05, 4.69) is 4.98 Å². The summed E-state index contributed by atoms with van der Waals surface area (Å²) in [5, 5.41) is 10.1. The zero-order chi connectivity index (χ0) is 14.8. The van der Waals surface area contributed by atoms with Crippen molar-refractivity contribution >= 4 is 16.9 Å². The van der Waals surface area contributed by atoms with Crippen LogP contribution in [0.4, 0.5) is 0 Å². The van der Waals surface area contributed by atoms with E-state index in [4.69, 9.17) is 9.84 Å². The van der Waals surface area contributed by atoms with Gasteiger partial charge in [-0.05, 0) is 29.7 Å². The fraction of sp³-hybridized carbons (Fsp3) is 0.125. The average molecular weight is 282 g/mol. The minimum Gasteiger partial charge on any atom is -0.481 e. The maximum atomic E-state index is 11.1. The van der Waals surface area contributed by atoms with Crippen molar-refractivity contribution in [2.45, 2.75) is 6.54 Å². The average Bonchev–Trinajstić information content (AvgIpc) is 2.90. The molecule has 0 amide bonds. The van der Waals surface area contributed by atoms with Gasteiger partial charge in [0.1, 0.15) is 0 Å². The molecule has 0 saturated heterocycles. The number of rotatable bonds is 4. The van der Waals surface area contributed by atoms with Crippen molar-refractivity contribution in [3.05, 3.63) is 59.9 Å². The second kappa shape index (κ2) is 5.28. The van der Waals surface area contributed by atoms with Crippen molar-refractivity contribution in [2.75, 3.05) is 7.11 Å². The number of carboxylic acid groups (broad SMARTS) is 1. The van der Waals surface area contributed by atoms with Crippen LogP contribution in [0.15, 0.2) is 48.7 Å². The predicted octanol–water partition coefficient (Wildman–Crippen LogP) is 2.79. The van der Waals surface area contributed by atoms with Crippen molar-refractivity contribution in [3.63, 3.8) is 0 Å². The zero-order valence-electron chi connectivity index (χ0n) is 11.5. The van der Waals surface area contributed by atoms with E-state index in [0.29, 0.717) is 12.4 Å². The van der Waals surface area contributed by atoms with Crippen LogP contribution in [0.5, 0.6) is 5.88 Å². The zero-order valence-corrected chi connectivity index (χ0v) is 11.5. The van der Waals surface area contributed by atoms with Crippen LogP contribution in [0, 0.1) is 0 Å². The Hall–Kier alpha value is -2.82. The molecule has 0 fully saturated rings. The third-order valence-corrected chi connectivity index (χ3v) is 3.34. The Morgan fingerprint density at radius 2 is 2.14 bits per heavy atom. The molecule has 1 aromatic carbocycles. The molecule has 1 N–H and O–H groups in total. The monoisotopic (exact) mass is 282 g/mol. The van der Waals surface area contributed by atoms with E-state index in [9.17, 15) is 4.79 Å². The fourth-order valence-electron chi connectivity index (χ4n) is 2.29. The van der Waals surface area contributed by atoms with Gasteiger partial charge in [-0.2, -0.15) is 0 Å². The highest BCUT2D eigenvalue weighted by Gasteiger charge is 2.08. The van der Waals surface area contributed by atoms with E-state index in [1.165, 1.54) is 0 Å². The fourth-order valence-corrected chi connectivity index (χ4v) is 2.29. The molecule has 3 aromatic rings. The van der Waals surface area contributed by atoms with Gasteiger partial charge in [0.15, 0.2) is 0 Å². The van der Waals surface area contributed by atoms with Crippen LogP contribution in [0.1, 0.15) is 16.1 Å². The highest BCUT2D eigenvalue weighted by molar-refractivity contribution is 5.93. The van der Waals surface area contributed by atoms with Crippen LogP contribution < -0.4 is 4.74 Å². The van der Waals surface area contributed by atoms with E-state index < -0.39 is 5.97 Å². The lowest BCUT2D eigenvalue weighted by Gasteiger charge is -2.07. The Balaban J connectivity index is 1.99. The van der Waals surface area contributed by atoms with E-state index in [1.54, 1.807) is 25.3 Å². The first-order chi connectivity index (χ1) is 10.2. The lowest BCUT2D eigenvalue weighted by Crippen LogP contribution is -2.02. The first-order valence-electron chi connectivity index (χ1n) is 6.49. The predicted molar refractivity (Wildman–Crippen MR) is 78.8 cm³/mol. The number of hydrogen-bond acceptors (Lipinski definition) is 3. The molecule has 21 heavy (non-hydrogen) atoms. The number of aromatic nitrogens is 2. The van der Waals surface area contributed by atoms with Gasteiger partial charge >= 0.3 is 5.97 Å². The Morgan fingerprint density at radius 1 is 1.29 bits per heavy atom.